The van der Waals surface area contributed by atoms with Crippen LogP contribution in [-0.4, -0.2) is 13.2 Å². The van der Waals surface area contributed by atoms with Gasteiger partial charge in [-0.05, 0) is 36.6 Å². The van der Waals surface area contributed by atoms with Crippen molar-refractivity contribution in [2.24, 2.45) is 0 Å². The van der Waals surface area contributed by atoms with Gasteiger partial charge in [-0.3, -0.25) is 0 Å². The van der Waals surface area contributed by atoms with E-state index in [0.29, 0.717) is 17.7 Å². The molecule has 0 bridgehead atoms. The van der Waals surface area contributed by atoms with E-state index in [4.69, 9.17) is 21.1 Å². The largest absolute Gasteiger partial charge is 0.493 e. The number of rotatable bonds is 7. The first-order valence-electron chi connectivity index (χ1n) is 7.53. The lowest BCUT2D eigenvalue weighted by Crippen LogP contribution is -2.15. The highest BCUT2D eigenvalue weighted by Crippen LogP contribution is 2.30. The fourth-order valence-corrected chi connectivity index (χ4v) is 2.45. The average molecular weight is 318 g/mol. The fourth-order valence-electron chi connectivity index (χ4n) is 2.26. The third-order valence-corrected chi connectivity index (χ3v) is 4.11. The molecule has 0 spiro atoms. The van der Waals surface area contributed by atoms with Crippen molar-refractivity contribution < 1.29 is 9.47 Å². The van der Waals surface area contributed by atoms with Crippen LogP contribution in [0.15, 0.2) is 42.5 Å². The van der Waals surface area contributed by atoms with Gasteiger partial charge in [0.2, 0.25) is 0 Å². The summed E-state index contributed by atoms with van der Waals surface area (Å²) in [7, 11) is 1.66. The normalized spacial score (nSPS) is 13.9. The minimum atomic E-state index is 0.426. The molecule has 0 atom stereocenters. The third kappa shape index (κ3) is 3.93. The van der Waals surface area contributed by atoms with Crippen LogP contribution in [-0.2, 0) is 13.2 Å². The molecule has 0 heterocycles. The van der Waals surface area contributed by atoms with Crippen LogP contribution in [0, 0.1) is 0 Å². The molecule has 1 N–H and O–H groups in total. The summed E-state index contributed by atoms with van der Waals surface area (Å²) in [5.74, 6) is 1.49. The zero-order chi connectivity index (χ0) is 15.4. The van der Waals surface area contributed by atoms with Crippen LogP contribution in [0.1, 0.15) is 24.0 Å². The van der Waals surface area contributed by atoms with E-state index in [2.05, 4.69) is 11.4 Å². The van der Waals surface area contributed by atoms with Gasteiger partial charge in [0.25, 0.3) is 0 Å². The maximum Gasteiger partial charge on any atom is 0.161 e. The van der Waals surface area contributed by atoms with Crippen LogP contribution < -0.4 is 14.8 Å². The number of nitrogens with one attached hydrogen (secondary N) is 1. The standard InChI is InChI=1S/C18H20ClNO2/c1-21-18-10-13(11-20-15-7-8-15)6-9-17(18)22-12-14-4-2-3-5-16(14)19/h2-6,9-10,15,20H,7-8,11-12H2,1H3. The second-order valence-electron chi connectivity index (χ2n) is 5.52. The smallest absolute Gasteiger partial charge is 0.161 e. The van der Waals surface area contributed by atoms with Crippen LogP contribution in [0.3, 0.4) is 0 Å². The van der Waals surface area contributed by atoms with E-state index >= 15 is 0 Å². The Balaban J connectivity index is 1.65. The van der Waals surface area contributed by atoms with Crippen molar-refractivity contribution in [2.45, 2.75) is 32.0 Å². The van der Waals surface area contributed by atoms with Gasteiger partial charge in [0.1, 0.15) is 6.61 Å². The lowest BCUT2D eigenvalue weighted by atomic mass is 10.2. The molecule has 1 saturated carbocycles. The van der Waals surface area contributed by atoms with E-state index in [-0.39, 0.29) is 0 Å². The first-order valence-corrected chi connectivity index (χ1v) is 7.90. The molecule has 3 nitrogen and oxygen atoms in total. The van der Waals surface area contributed by atoms with Gasteiger partial charge in [-0.1, -0.05) is 35.9 Å². The summed E-state index contributed by atoms with van der Waals surface area (Å²) in [5, 5.41) is 4.21. The summed E-state index contributed by atoms with van der Waals surface area (Å²) < 4.78 is 11.3. The molecule has 0 radical (unpaired) electrons. The Morgan fingerprint density at radius 2 is 1.95 bits per heavy atom. The summed E-state index contributed by atoms with van der Waals surface area (Å²) in [6.45, 7) is 1.29. The van der Waals surface area contributed by atoms with E-state index in [0.717, 1.165) is 23.6 Å². The SMILES string of the molecule is COc1cc(CNC2CC2)ccc1OCc1ccccc1Cl. The van der Waals surface area contributed by atoms with E-state index in [1.54, 1.807) is 7.11 Å². The van der Waals surface area contributed by atoms with Gasteiger partial charge in [0.15, 0.2) is 11.5 Å². The first kappa shape index (κ1) is 15.2. The fraction of sp³-hybridized carbons (Fsp3) is 0.333. The highest BCUT2D eigenvalue weighted by molar-refractivity contribution is 6.31. The van der Waals surface area contributed by atoms with E-state index in [9.17, 15) is 0 Å². The molecular weight excluding hydrogens is 298 g/mol. The molecule has 0 amide bonds. The lowest BCUT2D eigenvalue weighted by Gasteiger charge is -2.13. The molecule has 0 aromatic heterocycles. The summed E-state index contributed by atoms with van der Waals surface area (Å²) in [6.07, 6.45) is 2.58. The van der Waals surface area contributed by atoms with Gasteiger partial charge in [-0.15, -0.1) is 0 Å². The molecule has 0 unspecified atom stereocenters. The number of ether oxygens (including phenoxy) is 2. The van der Waals surface area contributed by atoms with E-state index < -0.39 is 0 Å². The molecule has 22 heavy (non-hydrogen) atoms. The van der Waals surface area contributed by atoms with Crippen LogP contribution >= 0.6 is 11.6 Å². The van der Waals surface area contributed by atoms with E-state index in [1.807, 2.05) is 36.4 Å². The minimum Gasteiger partial charge on any atom is -0.493 e. The Morgan fingerprint density at radius 3 is 2.68 bits per heavy atom. The molecule has 2 aromatic carbocycles. The molecule has 0 aliphatic heterocycles. The Bertz CT molecular complexity index is 641. The maximum absolute atomic E-state index is 6.15. The molecule has 116 valence electrons. The van der Waals surface area contributed by atoms with Crippen LogP contribution in [0.2, 0.25) is 5.02 Å². The second kappa shape index (κ2) is 7.03. The number of methoxy groups -OCH3 is 1. The summed E-state index contributed by atoms with van der Waals surface area (Å²) >= 11 is 6.15. The van der Waals surface area contributed by atoms with Crippen LogP contribution in [0.4, 0.5) is 0 Å². The second-order valence-corrected chi connectivity index (χ2v) is 5.93. The van der Waals surface area contributed by atoms with E-state index in [1.165, 1.54) is 18.4 Å². The minimum absolute atomic E-state index is 0.426. The number of hydrogen-bond acceptors (Lipinski definition) is 3. The molecule has 1 aliphatic carbocycles. The van der Waals surface area contributed by atoms with Crippen molar-refractivity contribution in [1.82, 2.24) is 5.32 Å². The van der Waals surface area contributed by atoms with Crippen molar-refractivity contribution in [1.29, 1.82) is 0 Å². The summed E-state index contributed by atoms with van der Waals surface area (Å²) in [6, 6.07) is 14.4. The Hall–Kier alpha value is -1.71. The summed E-state index contributed by atoms with van der Waals surface area (Å²) in [4.78, 5) is 0. The van der Waals surface area contributed by atoms with Crippen molar-refractivity contribution >= 4 is 11.6 Å². The van der Waals surface area contributed by atoms with Gasteiger partial charge < -0.3 is 14.8 Å². The van der Waals surface area contributed by atoms with Crippen LogP contribution in [0.5, 0.6) is 11.5 Å². The van der Waals surface area contributed by atoms with Crippen molar-refractivity contribution in [3.63, 3.8) is 0 Å². The zero-order valence-electron chi connectivity index (χ0n) is 12.6. The molecule has 0 saturated heterocycles. The summed E-state index contributed by atoms with van der Waals surface area (Å²) in [5.41, 5.74) is 2.17. The lowest BCUT2D eigenvalue weighted by molar-refractivity contribution is 0.284. The molecule has 1 fully saturated rings. The maximum atomic E-state index is 6.15. The monoisotopic (exact) mass is 317 g/mol. The number of hydrogen-bond donors (Lipinski definition) is 1. The highest BCUT2D eigenvalue weighted by Gasteiger charge is 2.20. The van der Waals surface area contributed by atoms with Crippen LogP contribution in [0.25, 0.3) is 0 Å². The Labute approximate surface area is 136 Å². The van der Waals surface area contributed by atoms with Gasteiger partial charge in [-0.2, -0.15) is 0 Å². The Morgan fingerprint density at radius 1 is 1.14 bits per heavy atom. The topological polar surface area (TPSA) is 30.5 Å². The predicted molar refractivity (Wildman–Crippen MR) is 88.6 cm³/mol. The van der Waals surface area contributed by atoms with Gasteiger partial charge in [-0.25, -0.2) is 0 Å². The van der Waals surface area contributed by atoms with Crippen molar-refractivity contribution in [2.75, 3.05) is 7.11 Å². The quantitative estimate of drug-likeness (QED) is 0.831. The molecule has 4 heteroatoms. The first-order chi connectivity index (χ1) is 10.8. The molecule has 2 aromatic rings. The molecular formula is C18H20ClNO2. The van der Waals surface area contributed by atoms with Crippen molar-refractivity contribution in [3.05, 3.63) is 58.6 Å². The van der Waals surface area contributed by atoms with Crippen molar-refractivity contribution in [3.8, 4) is 11.5 Å². The van der Waals surface area contributed by atoms with Gasteiger partial charge in [0.05, 0.1) is 7.11 Å². The average Bonchev–Trinajstić information content (AvgIpc) is 3.37. The zero-order valence-corrected chi connectivity index (χ0v) is 13.4. The highest BCUT2D eigenvalue weighted by atomic mass is 35.5. The van der Waals surface area contributed by atoms with Gasteiger partial charge in [0, 0.05) is 23.2 Å². The Kier molecular flexibility index (Phi) is 4.86. The molecule has 1 aliphatic rings. The molecule has 3 rings (SSSR count). The number of halogens is 1. The van der Waals surface area contributed by atoms with Gasteiger partial charge >= 0.3 is 0 Å². The number of benzene rings is 2. The predicted octanol–water partition coefficient (Wildman–Crippen LogP) is 4.18. The third-order valence-electron chi connectivity index (χ3n) is 3.74.